The van der Waals surface area contributed by atoms with E-state index in [2.05, 4.69) is 6.92 Å². The van der Waals surface area contributed by atoms with Crippen molar-refractivity contribution < 1.29 is 19.4 Å². The number of hydrogen-bond acceptors (Lipinski definition) is 6. The van der Waals surface area contributed by atoms with Crippen molar-refractivity contribution in [3.8, 4) is 5.75 Å². The van der Waals surface area contributed by atoms with Crippen LogP contribution in [0, 0.1) is 6.92 Å². The van der Waals surface area contributed by atoms with Gasteiger partial charge in [0.2, 0.25) is 0 Å². The zero-order chi connectivity index (χ0) is 22.5. The molecule has 166 valence electrons. The smallest absolute Gasteiger partial charge is 0.295 e. The van der Waals surface area contributed by atoms with Crippen LogP contribution < -0.4 is 4.74 Å². The molecule has 1 aromatic heterocycles. The van der Waals surface area contributed by atoms with Gasteiger partial charge in [-0.2, -0.15) is 0 Å². The molecule has 0 saturated carbocycles. The third-order valence-electron chi connectivity index (χ3n) is 5.34. The molecule has 6 nitrogen and oxygen atoms in total. The average molecular weight is 443 g/mol. The molecule has 0 unspecified atom stereocenters. The first-order valence-electron chi connectivity index (χ1n) is 10.6. The largest absolute Gasteiger partial charge is 0.507 e. The minimum atomic E-state index is -0.643. The van der Waals surface area contributed by atoms with Crippen molar-refractivity contribution in [2.45, 2.75) is 32.7 Å². The Morgan fingerprint density at radius 1 is 1.26 bits per heavy atom. The van der Waals surface area contributed by atoms with Crippen LogP contribution >= 0.6 is 11.3 Å². The summed E-state index contributed by atoms with van der Waals surface area (Å²) in [7, 11) is 3.84. The van der Waals surface area contributed by atoms with Crippen molar-refractivity contribution in [3.05, 3.63) is 57.3 Å². The fourth-order valence-electron chi connectivity index (χ4n) is 3.60. The van der Waals surface area contributed by atoms with E-state index in [0.29, 0.717) is 25.3 Å². The number of carbonyl (C=O) groups is 2. The third kappa shape index (κ3) is 4.99. The van der Waals surface area contributed by atoms with E-state index >= 15 is 0 Å². The number of likely N-dealkylation sites (N-methyl/N-ethyl adjacent to an activating group) is 1. The predicted molar refractivity (Wildman–Crippen MR) is 123 cm³/mol. The second-order valence-corrected chi connectivity index (χ2v) is 8.97. The number of rotatable bonds is 9. The van der Waals surface area contributed by atoms with Gasteiger partial charge in [-0.15, -0.1) is 11.3 Å². The van der Waals surface area contributed by atoms with Crippen LogP contribution in [0.3, 0.4) is 0 Å². The number of nitrogens with zero attached hydrogens (tertiary/aromatic N) is 2. The highest BCUT2D eigenvalue weighted by Crippen LogP contribution is 2.41. The van der Waals surface area contributed by atoms with Gasteiger partial charge in [0, 0.05) is 23.5 Å². The van der Waals surface area contributed by atoms with E-state index in [-0.39, 0.29) is 11.3 Å². The molecular formula is C24H30N2O4S. The maximum atomic E-state index is 13.0. The number of hydrogen-bond donors (Lipinski definition) is 1. The summed E-state index contributed by atoms with van der Waals surface area (Å²) < 4.78 is 5.80. The summed E-state index contributed by atoms with van der Waals surface area (Å²) in [4.78, 5) is 30.2. The highest BCUT2D eigenvalue weighted by molar-refractivity contribution is 7.10. The van der Waals surface area contributed by atoms with E-state index in [1.807, 2.05) is 49.5 Å². The quantitative estimate of drug-likeness (QED) is 0.273. The van der Waals surface area contributed by atoms with Crippen molar-refractivity contribution in [3.63, 3.8) is 0 Å². The number of benzene rings is 1. The van der Waals surface area contributed by atoms with Gasteiger partial charge >= 0.3 is 0 Å². The standard InChI is InChI=1S/C24H30N2O4S/c1-5-6-13-30-18-10-9-17(15-16(18)2)22(27)20-21(19-8-7-14-31-19)26(12-11-25(3)4)24(29)23(20)28/h7-10,14-15,21,27H,5-6,11-13H2,1-4H3/b22-20+/t21-/m0/s1. The second-order valence-electron chi connectivity index (χ2n) is 7.99. The molecule has 1 N–H and O–H groups in total. The number of ether oxygens (including phenoxy) is 1. The van der Waals surface area contributed by atoms with Crippen LogP contribution in [0.2, 0.25) is 0 Å². The zero-order valence-corrected chi connectivity index (χ0v) is 19.4. The van der Waals surface area contributed by atoms with E-state index in [0.717, 1.165) is 29.0 Å². The first kappa shape index (κ1) is 23.0. The van der Waals surface area contributed by atoms with E-state index in [1.54, 1.807) is 17.0 Å². The van der Waals surface area contributed by atoms with E-state index in [1.165, 1.54) is 11.3 Å². The van der Waals surface area contributed by atoms with Crippen molar-refractivity contribution in [2.24, 2.45) is 0 Å². The fraction of sp³-hybridized carbons (Fsp3) is 0.417. The lowest BCUT2D eigenvalue weighted by molar-refractivity contribution is -0.140. The molecule has 1 fully saturated rings. The molecule has 3 rings (SSSR count). The molecule has 7 heteroatoms. The molecule has 1 aliphatic heterocycles. The molecule has 1 atom stereocenters. The van der Waals surface area contributed by atoms with Crippen LogP contribution in [0.25, 0.3) is 5.76 Å². The lowest BCUT2D eigenvalue weighted by Gasteiger charge is -2.25. The van der Waals surface area contributed by atoms with Gasteiger partial charge in [-0.1, -0.05) is 19.4 Å². The summed E-state index contributed by atoms with van der Waals surface area (Å²) in [6, 6.07) is 8.55. The SMILES string of the molecule is CCCCOc1ccc(/C(O)=C2\C(=O)C(=O)N(CCN(C)C)[C@H]2c2cccs2)cc1C. The molecule has 0 spiro atoms. The van der Waals surface area contributed by atoms with Gasteiger partial charge < -0.3 is 19.6 Å². The average Bonchev–Trinajstić information content (AvgIpc) is 3.34. The maximum Gasteiger partial charge on any atom is 0.295 e. The summed E-state index contributed by atoms with van der Waals surface area (Å²) in [6.07, 6.45) is 2.02. The van der Waals surface area contributed by atoms with Crippen LogP contribution in [0.5, 0.6) is 5.75 Å². The van der Waals surface area contributed by atoms with E-state index < -0.39 is 17.7 Å². The minimum absolute atomic E-state index is 0.144. The predicted octanol–water partition coefficient (Wildman–Crippen LogP) is 4.22. The van der Waals surface area contributed by atoms with Crippen LogP contribution in [-0.4, -0.2) is 60.4 Å². The number of aliphatic hydroxyl groups is 1. The Morgan fingerprint density at radius 3 is 2.65 bits per heavy atom. The van der Waals surface area contributed by atoms with Gasteiger partial charge in [0.1, 0.15) is 11.5 Å². The first-order valence-corrected chi connectivity index (χ1v) is 11.4. The Labute approximate surface area is 187 Å². The molecule has 1 amide bonds. The molecule has 1 aromatic carbocycles. The monoisotopic (exact) mass is 442 g/mol. The summed E-state index contributed by atoms with van der Waals surface area (Å²) in [5.74, 6) is -0.604. The number of carbonyl (C=O) groups excluding carboxylic acids is 2. The van der Waals surface area contributed by atoms with Gasteiger partial charge in [0.25, 0.3) is 11.7 Å². The molecule has 0 radical (unpaired) electrons. The molecule has 31 heavy (non-hydrogen) atoms. The number of aryl methyl sites for hydroxylation is 1. The highest BCUT2D eigenvalue weighted by atomic mass is 32.1. The van der Waals surface area contributed by atoms with Gasteiger partial charge in [-0.05, 0) is 62.6 Å². The third-order valence-corrected chi connectivity index (χ3v) is 6.27. The number of aliphatic hydroxyl groups excluding tert-OH is 1. The van der Waals surface area contributed by atoms with Crippen molar-refractivity contribution in [1.82, 2.24) is 9.80 Å². The second kappa shape index (κ2) is 10.1. The number of Topliss-reactive ketones (excluding diaryl/α,β-unsaturated/α-hetero) is 1. The van der Waals surface area contributed by atoms with Gasteiger partial charge in [0.15, 0.2) is 0 Å². The molecule has 1 saturated heterocycles. The van der Waals surface area contributed by atoms with Crippen LogP contribution in [0.15, 0.2) is 41.3 Å². The Kier molecular flexibility index (Phi) is 7.51. The van der Waals surface area contributed by atoms with Gasteiger partial charge in [-0.25, -0.2) is 0 Å². The van der Waals surface area contributed by atoms with Gasteiger partial charge in [-0.3, -0.25) is 9.59 Å². The van der Waals surface area contributed by atoms with Crippen LogP contribution in [0.4, 0.5) is 0 Å². The number of thiophene rings is 1. The lowest BCUT2D eigenvalue weighted by Crippen LogP contribution is -2.35. The number of likely N-dealkylation sites (tertiary alicyclic amines) is 1. The summed E-state index contributed by atoms with van der Waals surface area (Å²) in [5, 5.41) is 13.0. The number of unbranched alkanes of at least 4 members (excludes halogenated alkanes) is 1. The molecule has 1 aliphatic rings. The van der Waals surface area contributed by atoms with E-state index in [4.69, 9.17) is 4.74 Å². The summed E-state index contributed by atoms with van der Waals surface area (Å²) >= 11 is 1.47. The zero-order valence-electron chi connectivity index (χ0n) is 18.6. The summed E-state index contributed by atoms with van der Waals surface area (Å²) in [6.45, 7) is 5.68. The highest BCUT2D eigenvalue weighted by Gasteiger charge is 2.46. The number of ketones is 1. The maximum absolute atomic E-state index is 13.0. The van der Waals surface area contributed by atoms with Gasteiger partial charge in [0.05, 0.1) is 18.2 Å². The molecule has 0 aliphatic carbocycles. The topological polar surface area (TPSA) is 70.1 Å². The normalized spacial score (nSPS) is 18.2. The van der Waals surface area contributed by atoms with Crippen LogP contribution in [-0.2, 0) is 9.59 Å². The molecular weight excluding hydrogens is 412 g/mol. The summed E-state index contributed by atoms with van der Waals surface area (Å²) in [5.41, 5.74) is 1.52. The molecule has 2 aromatic rings. The van der Waals surface area contributed by atoms with E-state index in [9.17, 15) is 14.7 Å². The van der Waals surface area contributed by atoms with Crippen LogP contribution in [0.1, 0.15) is 41.8 Å². The van der Waals surface area contributed by atoms with Crippen molar-refractivity contribution >= 4 is 28.8 Å². The first-order chi connectivity index (χ1) is 14.8. The Bertz CT molecular complexity index is 966. The van der Waals surface area contributed by atoms with Crippen molar-refractivity contribution in [2.75, 3.05) is 33.8 Å². The Balaban J connectivity index is 2.00. The lowest BCUT2D eigenvalue weighted by atomic mass is 9.98. The number of amides is 1. The molecule has 0 bridgehead atoms. The Morgan fingerprint density at radius 2 is 2.03 bits per heavy atom. The minimum Gasteiger partial charge on any atom is -0.507 e. The Hall–Kier alpha value is -2.64. The fourth-order valence-corrected chi connectivity index (χ4v) is 4.45. The molecule has 2 heterocycles. The van der Waals surface area contributed by atoms with Crippen molar-refractivity contribution in [1.29, 1.82) is 0 Å².